The largest absolute Gasteiger partial charge is 0.419 e. The zero-order valence-corrected chi connectivity index (χ0v) is 10.4. The maximum Gasteiger partial charge on any atom is 0.335 e. The molecule has 0 aliphatic carbocycles. The van der Waals surface area contributed by atoms with Crippen molar-refractivity contribution in [1.82, 2.24) is 0 Å². The quantitative estimate of drug-likeness (QED) is 0.369. The predicted octanol–water partition coefficient (Wildman–Crippen LogP) is 2.05. The fourth-order valence-electron chi connectivity index (χ4n) is 1.40. The van der Waals surface area contributed by atoms with Gasteiger partial charge in [0.25, 0.3) is 5.78 Å². The molecule has 6 heteroatoms. The van der Waals surface area contributed by atoms with E-state index < -0.39 is 28.7 Å². The van der Waals surface area contributed by atoms with Crippen molar-refractivity contribution in [1.29, 1.82) is 0 Å². The molecule has 92 valence electrons. The Bertz CT molecular complexity index is 563. The van der Waals surface area contributed by atoms with Crippen LogP contribution < -0.4 is 0 Å². The lowest BCUT2D eigenvalue weighted by molar-refractivity contribution is -0.138. The predicted molar refractivity (Wildman–Crippen MR) is 64.4 cm³/mol. The van der Waals surface area contributed by atoms with E-state index in [1.807, 2.05) is 0 Å². The first-order chi connectivity index (χ1) is 8.52. The Kier molecular flexibility index (Phi) is 3.50. The third-order valence-corrected chi connectivity index (χ3v) is 3.20. The number of rotatable bonds is 3. The Morgan fingerprint density at radius 3 is 2.22 bits per heavy atom. The third-order valence-electron chi connectivity index (χ3n) is 2.30. The highest BCUT2D eigenvalue weighted by Crippen LogP contribution is 2.29. The van der Waals surface area contributed by atoms with Crippen LogP contribution >= 0.6 is 23.2 Å². The van der Waals surface area contributed by atoms with E-state index in [9.17, 15) is 14.4 Å². The fraction of sp³-hybridized carbons (Fsp3) is 0.0833. The summed E-state index contributed by atoms with van der Waals surface area (Å²) in [5, 5.41) is -1.48. The molecule has 1 unspecified atom stereocenters. The molecule has 0 N–H and O–H groups in total. The second-order valence-electron chi connectivity index (χ2n) is 3.48. The van der Waals surface area contributed by atoms with E-state index in [0.717, 1.165) is 0 Å². The number of Topliss-reactive ketones (excluding diaryl/α,β-unsaturated/α-hetero) is 2. The highest BCUT2D eigenvalue weighted by Gasteiger charge is 2.39. The van der Waals surface area contributed by atoms with Crippen LogP contribution in [0.15, 0.2) is 41.1 Å². The van der Waals surface area contributed by atoms with Crippen molar-refractivity contribution < 1.29 is 19.1 Å². The lowest BCUT2D eigenvalue weighted by atomic mass is 10.1. The minimum Gasteiger partial charge on any atom is -0.419 e. The van der Waals surface area contributed by atoms with Crippen LogP contribution in [-0.2, 0) is 14.3 Å². The summed E-state index contributed by atoms with van der Waals surface area (Å²) in [7, 11) is 0. The zero-order chi connectivity index (χ0) is 13.3. The fourth-order valence-corrected chi connectivity index (χ4v) is 1.76. The Hall–Kier alpha value is -1.65. The lowest BCUT2D eigenvalue weighted by Gasteiger charge is -2.00. The summed E-state index contributed by atoms with van der Waals surface area (Å²) in [5.74, 6) is -3.13. The van der Waals surface area contributed by atoms with Gasteiger partial charge in [-0.15, -0.1) is 11.6 Å². The summed E-state index contributed by atoms with van der Waals surface area (Å²) in [6.45, 7) is 0. The van der Waals surface area contributed by atoms with Crippen LogP contribution in [0.2, 0.25) is 0 Å². The number of cyclic esters (lactones) is 1. The number of ketones is 2. The number of carbonyl (C=O) groups is 3. The zero-order valence-electron chi connectivity index (χ0n) is 8.85. The Morgan fingerprint density at radius 2 is 1.72 bits per heavy atom. The average molecular weight is 285 g/mol. The van der Waals surface area contributed by atoms with Gasteiger partial charge in [-0.2, -0.15) is 0 Å². The number of esters is 1. The number of hydrogen-bond acceptors (Lipinski definition) is 4. The highest BCUT2D eigenvalue weighted by atomic mass is 35.5. The average Bonchev–Trinajstić information content (AvgIpc) is 2.66. The van der Waals surface area contributed by atoms with Gasteiger partial charge in [-0.25, -0.2) is 4.79 Å². The molecule has 0 saturated carbocycles. The summed E-state index contributed by atoms with van der Waals surface area (Å²) < 4.78 is 4.60. The van der Waals surface area contributed by atoms with Crippen LogP contribution in [0.25, 0.3) is 0 Å². The second kappa shape index (κ2) is 4.92. The standard InChI is InChI=1S/C12H6Cl2O4/c13-7-8(14)12(17)18-11(7)10(16)9(15)6-4-2-1-3-5-6/h1-5,8H. The van der Waals surface area contributed by atoms with Gasteiger partial charge in [-0.1, -0.05) is 41.9 Å². The van der Waals surface area contributed by atoms with E-state index in [2.05, 4.69) is 4.74 Å². The molecule has 1 aromatic carbocycles. The summed E-state index contributed by atoms with van der Waals surface area (Å²) in [6.07, 6.45) is 0. The molecule has 4 nitrogen and oxygen atoms in total. The number of carbonyl (C=O) groups excluding carboxylic acids is 3. The van der Waals surface area contributed by atoms with Gasteiger partial charge in [0.05, 0.1) is 5.03 Å². The number of halogens is 2. The molecule has 0 amide bonds. The lowest BCUT2D eigenvalue weighted by Crippen LogP contribution is -2.17. The van der Waals surface area contributed by atoms with Gasteiger partial charge in [-0.3, -0.25) is 9.59 Å². The normalized spacial score (nSPS) is 18.8. The Labute approximate surface area is 112 Å². The Morgan fingerprint density at radius 1 is 1.11 bits per heavy atom. The molecule has 1 aromatic rings. The number of benzene rings is 1. The van der Waals surface area contributed by atoms with E-state index >= 15 is 0 Å². The van der Waals surface area contributed by atoms with E-state index in [0.29, 0.717) is 0 Å². The van der Waals surface area contributed by atoms with E-state index in [4.69, 9.17) is 23.2 Å². The smallest absolute Gasteiger partial charge is 0.335 e. The van der Waals surface area contributed by atoms with Crippen molar-refractivity contribution in [3.63, 3.8) is 0 Å². The molecule has 0 bridgehead atoms. The molecule has 1 aliphatic heterocycles. The van der Waals surface area contributed by atoms with Gasteiger partial charge >= 0.3 is 5.97 Å². The van der Waals surface area contributed by atoms with Crippen LogP contribution in [0.5, 0.6) is 0 Å². The van der Waals surface area contributed by atoms with Crippen LogP contribution in [-0.4, -0.2) is 22.9 Å². The van der Waals surface area contributed by atoms with Crippen LogP contribution in [0.4, 0.5) is 0 Å². The second-order valence-corrected chi connectivity index (χ2v) is 4.33. The van der Waals surface area contributed by atoms with Crippen molar-refractivity contribution in [2.24, 2.45) is 0 Å². The van der Waals surface area contributed by atoms with Crippen molar-refractivity contribution in [2.75, 3.05) is 0 Å². The van der Waals surface area contributed by atoms with Gasteiger partial charge in [0, 0.05) is 5.56 Å². The number of alkyl halides is 1. The summed E-state index contributed by atoms with van der Waals surface area (Å²) >= 11 is 11.3. The molecule has 0 fully saturated rings. The van der Waals surface area contributed by atoms with Gasteiger partial charge in [-0.05, 0) is 0 Å². The minimum absolute atomic E-state index is 0.188. The van der Waals surface area contributed by atoms with Gasteiger partial charge in [0.2, 0.25) is 5.78 Å². The molecule has 1 aliphatic rings. The highest BCUT2D eigenvalue weighted by molar-refractivity contribution is 6.53. The maximum absolute atomic E-state index is 11.8. The van der Waals surface area contributed by atoms with Crippen molar-refractivity contribution in [2.45, 2.75) is 5.38 Å². The van der Waals surface area contributed by atoms with Crippen LogP contribution in [0, 0.1) is 0 Å². The molecule has 0 aromatic heterocycles. The SMILES string of the molecule is O=C(C(=O)c1ccccc1)C1=C(Cl)C(Cl)C(=O)O1. The summed E-state index contributed by atoms with van der Waals surface area (Å²) in [4.78, 5) is 34.7. The molecule has 0 spiro atoms. The summed E-state index contributed by atoms with van der Waals surface area (Å²) in [5.41, 5.74) is 0.188. The van der Waals surface area contributed by atoms with Crippen molar-refractivity contribution in [3.05, 3.63) is 46.7 Å². The van der Waals surface area contributed by atoms with Gasteiger partial charge in [0.15, 0.2) is 11.1 Å². The molecule has 0 radical (unpaired) electrons. The molecule has 0 saturated heterocycles. The number of allylic oxidation sites excluding steroid dienone is 1. The van der Waals surface area contributed by atoms with Crippen molar-refractivity contribution in [3.8, 4) is 0 Å². The molecule has 1 atom stereocenters. The first-order valence-electron chi connectivity index (χ1n) is 4.92. The van der Waals surface area contributed by atoms with E-state index in [1.165, 1.54) is 12.1 Å². The number of hydrogen-bond donors (Lipinski definition) is 0. The molecule has 1 heterocycles. The van der Waals surface area contributed by atoms with Crippen LogP contribution in [0.3, 0.4) is 0 Å². The topological polar surface area (TPSA) is 60.4 Å². The molecule has 18 heavy (non-hydrogen) atoms. The van der Waals surface area contributed by atoms with E-state index in [1.54, 1.807) is 18.2 Å². The van der Waals surface area contributed by atoms with Gasteiger partial charge in [0.1, 0.15) is 0 Å². The van der Waals surface area contributed by atoms with Crippen LogP contribution in [0.1, 0.15) is 10.4 Å². The first kappa shape index (κ1) is 12.8. The monoisotopic (exact) mass is 284 g/mol. The maximum atomic E-state index is 11.8. The molecular weight excluding hydrogens is 279 g/mol. The summed E-state index contributed by atoms with van der Waals surface area (Å²) in [6, 6.07) is 7.88. The van der Waals surface area contributed by atoms with E-state index in [-0.39, 0.29) is 10.6 Å². The van der Waals surface area contributed by atoms with Crippen molar-refractivity contribution >= 4 is 40.7 Å². The molecular formula is C12H6Cl2O4. The van der Waals surface area contributed by atoms with Gasteiger partial charge < -0.3 is 4.74 Å². The first-order valence-corrected chi connectivity index (χ1v) is 5.73. The minimum atomic E-state index is -1.23. The molecule has 2 rings (SSSR count). The number of ether oxygens (including phenoxy) is 1. The third kappa shape index (κ3) is 2.17. The Balaban J connectivity index is 2.29.